The van der Waals surface area contributed by atoms with E-state index in [1.165, 1.54) is 11.1 Å². The number of halogens is 1. The average Bonchev–Trinajstić information content (AvgIpc) is 2.47. The number of fused-ring (bicyclic) bond motifs is 1. The predicted octanol–water partition coefficient (Wildman–Crippen LogP) is 3.68. The standard InChI is InChI=1S/C17H17IN2O/c18-13-6-4-11(5-7-13)17(21)20-16-3-1-2-12-10-14(19)8-9-15(12)16/h4-10,16H,1-3,19H2,(H,20,21). The molecule has 2 aromatic carbocycles. The lowest BCUT2D eigenvalue weighted by Crippen LogP contribution is -2.31. The Morgan fingerprint density at radius 3 is 2.71 bits per heavy atom. The van der Waals surface area contributed by atoms with E-state index in [4.69, 9.17) is 5.73 Å². The fraction of sp³-hybridized carbons (Fsp3) is 0.235. The van der Waals surface area contributed by atoms with Gasteiger partial charge in [0.2, 0.25) is 0 Å². The van der Waals surface area contributed by atoms with Crippen molar-refractivity contribution in [3.63, 3.8) is 0 Å². The first kappa shape index (κ1) is 14.4. The van der Waals surface area contributed by atoms with Crippen LogP contribution in [-0.4, -0.2) is 5.91 Å². The third-order valence-corrected chi connectivity index (χ3v) is 4.61. The normalized spacial score (nSPS) is 17.1. The molecule has 3 N–H and O–H groups in total. The molecule has 0 heterocycles. The van der Waals surface area contributed by atoms with E-state index in [2.05, 4.69) is 27.9 Å². The molecule has 1 amide bonds. The van der Waals surface area contributed by atoms with Crippen LogP contribution in [0.15, 0.2) is 42.5 Å². The van der Waals surface area contributed by atoms with Crippen molar-refractivity contribution >= 4 is 34.2 Å². The molecule has 0 aromatic heterocycles. The van der Waals surface area contributed by atoms with Gasteiger partial charge in [0.15, 0.2) is 0 Å². The Balaban J connectivity index is 1.80. The van der Waals surface area contributed by atoms with Gasteiger partial charge in [0.05, 0.1) is 6.04 Å². The molecule has 1 aliphatic rings. The van der Waals surface area contributed by atoms with Gasteiger partial charge in [0.25, 0.3) is 5.91 Å². The highest BCUT2D eigenvalue weighted by Crippen LogP contribution is 2.31. The monoisotopic (exact) mass is 392 g/mol. The molecule has 0 spiro atoms. The van der Waals surface area contributed by atoms with E-state index in [9.17, 15) is 4.79 Å². The van der Waals surface area contributed by atoms with E-state index in [1.54, 1.807) is 0 Å². The average molecular weight is 392 g/mol. The maximum absolute atomic E-state index is 12.4. The van der Waals surface area contributed by atoms with Gasteiger partial charge in [-0.05, 0) is 89.4 Å². The van der Waals surface area contributed by atoms with Gasteiger partial charge in [-0.1, -0.05) is 6.07 Å². The summed E-state index contributed by atoms with van der Waals surface area (Å²) in [5.41, 5.74) is 9.80. The fourth-order valence-corrected chi connectivity index (χ4v) is 3.19. The van der Waals surface area contributed by atoms with Gasteiger partial charge in [-0.3, -0.25) is 4.79 Å². The number of rotatable bonds is 2. The summed E-state index contributed by atoms with van der Waals surface area (Å²) in [6, 6.07) is 13.7. The van der Waals surface area contributed by atoms with Crippen LogP contribution in [0.5, 0.6) is 0 Å². The highest BCUT2D eigenvalue weighted by molar-refractivity contribution is 14.1. The highest BCUT2D eigenvalue weighted by Gasteiger charge is 2.22. The van der Waals surface area contributed by atoms with Crippen LogP contribution in [0.25, 0.3) is 0 Å². The van der Waals surface area contributed by atoms with E-state index in [1.807, 2.05) is 42.5 Å². The minimum atomic E-state index is -0.0129. The van der Waals surface area contributed by atoms with Crippen molar-refractivity contribution in [2.24, 2.45) is 0 Å². The van der Waals surface area contributed by atoms with E-state index in [0.717, 1.165) is 28.5 Å². The van der Waals surface area contributed by atoms with Crippen molar-refractivity contribution in [3.8, 4) is 0 Å². The molecule has 108 valence electrons. The highest BCUT2D eigenvalue weighted by atomic mass is 127. The van der Waals surface area contributed by atoms with Crippen LogP contribution in [0.3, 0.4) is 0 Å². The molecule has 3 nitrogen and oxygen atoms in total. The van der Waals surface area contributed by atoms with Crippen molar-refractivity contribution in [3.05, 3.63) is 62.7 Å². The number of nitrogen functional groups attached to an aromatic ring is 1. The first-order chi connectivity index (χ1) is 10.1. The van der Waals surface area contributed by atoms with Crippen molar-refractivity contribution in [2.45, 2.75) is 25.3 Å². The summed E-state index contributed by atoms with van der Waals surface area (Å²) < 4.78 is 1.13. The van der Waals surface area contributed by atoms with Crippen LogP contribution >= 0.6 is 22.6 Å². The summed E-state index contributed by atoms with van der Waals surface area (Å²) in [4.78, 5) is 12.4. The molecule has 3 rings (SSSR count). The number of nitrogens with one attached hydrogen (secondary N) is 1. The molecule has 1 atom stereocenters. The smallest absolute Gasteiger partial charge is 0.251 e. The summed E-state index contributed by atoms with van der Waals surface area (Å²) in [6.07, 6.45) is 3.09. The lowest BCUT2D eigenvalue weighted by atomic mass is 9.87. The minimum Gasteiger partial charge on any atom is -0.399 e. The summed E-state index contributed by atoms with van der Waals surface area (Å²) in [5.74, 6) is -0.0129. The van der Waals surface area contributed by atoms with Crippen LogP contribution in [0.1, 0.15) is 40.4 Å². The largest absolute Gasteiger partial charge is 0.399 e. The third-order valence-electron chi connectivity index (χ3n) is 3.89. The Labute approximate surface area is 138 Å². The second-order valence-corrected chi connectivity index (χ2v) is 6.63. The zero-order chi connectivity index (χ0) is 14.8. The lowest BCUT2D eigenvalue weighted by molar-refractivity contribution is 0.0933. The number of hydrogen-bond donors (Lipinski definition) is 2. The van der Waals surface area contributed by atoms with Crippen molar-refractivity contribution in [1.82, 2.24) is 5.32 Å². The number of aryl methyl sites for hydroxylation is 1. The number of nitrogens with two attached hydrogens (primary N) is 1. The maximum Gasteiger partial charge on any atom is 0.251 e. The number of hydrogen-bond acceptors (Lipinski definition) is 2. The van der Waals surface area contributed by atoms with E-state index in [-0.39, 0.29) is 11.9 Å². The van der Waals surface area contributed by atoms with Crippen molar-refractivity contribution < 1.29 is 4.79 Å². The Hall–Kier alpha value is -1.56. The first-order valence-corrected chi connectivity index (χ1v) is 8.16. The van der Waals surface area contributed by atoms with E-state index in [0.29, 0.717) is 5.56 Å². The molecule has 2 aromatic rings. The molecule has 0 radical (unpaired) electrons. The summed E-state index contributed by atoms with van der Waals surface area (Å²) in [7, 11) is 0. The molecule has 4 heteroatoms. The molecule has 0 bridgehead atoms. The van der Waals surface area contributed by atoms with E-state index < -0.39 is 0 Å². The van der Waals surface area contributed by atoms with Crippen molar-refractivity contribution in [2.75, 3.05) is 5.73 Å². The first-order valence-electron chi connectivity index (χ1n) is 7.08. The molecule has 1 aliphatic carbocycles. The summed E-state index contributed by atoms with van der Waals surface area (Å²) in [6.45, 7) is 0. The Bertz CT molecular complexity index is 667. The SMILES string of the molecule is Nc1ccc2c(c1)CCCC2NC(=O)c1ccc(I)cc1. The minimum absolute atomic E-state index is 0.0129. The molecule has 21 heavy (non-hydrogen) atoms. The topological polar surface area (TPSA) is 55.1 Å². The summed E-state index contributed by atoms with van der Waals surface area (Å²) >= 11 is 2.23. The zero-order valence-electron chi connectivity index (χ0n) is 11.6. The van der Waals surface area contributed by atoms with Gasteiger partial charge < -0.3 is 11.1 Å². The van der Waals surface area contributed by atoms with Crippen LogP contribution in [0.4, 0.5) is 5.69 Å². The summed E-state index contributed by atoms with van der Waals surface area (Å²) in [5, 5.41) is 3.15. The van der Waals surface area contributed by atoms with Gasteiger partial charge >= 0.3 is 0 Å². The quantitative estimate of drug-likeness (QED) is 0.605. The van der Waals surface area contributed by atoms with Crippen LogP contribution in [0, 0.1) is 3.57 Å². The molecule has 0 saturated heterocycles. The molecular weight excluding hydrogens is 375 g/mol. The number of amides is 1. The molecule has 0 saturated carbocycles. The van der Waals surface area contributed by atoms with Gasteiger partial charge in [0, 0.05) is 14.8 Å². The van der Waals surface area contributed by atoms with Gasteiger partial charge in [-0.2, -0.15) is 0 Å². The Morgan fingerprint density at radius 1 is 1.19 bits per heavy atom. The predicted molar refractivity (Wildman–Crippen MR) is 93.2 cm³/mol. The van der Waals surface area contributed by atoms with Crippen molar-refractivity contribution in [1.29, 1.82) is 0 Å². The number of carbonyl (C=O) groups is 1. The third kappa shape index (κ3) is 3.20. The number of benzene rings is 2. The molecular formula is C17H17IN2O. The van der Waals surface area contributed by atoms with Gasteiger partial charge in [0.1, 0.15) is 0 Å². The van der Waals surface area contributed by atoms with Crippen LogP contribution in [-0.2, 0) is 6.42 Å². The second kappa shape index (κ2) is 6.05. The van der Waals surface area contributed by atoms with Crippen LogP contribution in [0.2, 0.25) is 0 Å². The number of anilines is 1. The van der Waals surface area contributed by atoms with Gasteiger partial charge in [-0.15, -0.1) is 0 Å². The molecule has 0 fully saturated rings. The molecule has 0 aliphatic heterocycles. The molecule has 1 unspecified atom stereocenters. The van der Waals surface area contributed by atoms with Gasteiger partial charge in [-0.25, -0.2) is 0 Å². The maximum atomic E-state index is 12.4. The van der Waals surface area contributed by atoms with E-state index >= 15 is 0 Å². The fourth-order valence-electron chi connectivity index (χ4n) is 2.83. The zero-order valence-corrected chi connectivity index (χ0v) is 13.8. The second-order valence-electron chi connectivity index (χ2n) is 5.38. The lowest BCUT2D eigenvalue weighted by Gasteiger charge is -2.26. The Kier molecular flexibility index (Phi) is 4.14. The number of carbonyl (C=O) groups excluding carboxylic acids is 1. The van der Waals surface area contributed by atoms with Crippen LogP contribution < -0.4 is 11.1 Å². The Morgan fingerprint density at radius 2 is 1.95 bits per heavy atom.